The summed E-state index contributed by atoms with van der Waals surface area (Å²) >= 11 is 0. The molecule has 2 nitrogen and oxygen atoms in total. The van der Waals surface area contributed by atoms with Gasteiger partial charge in [0.15, 0.2) is 0 Å². The highest BCUT2D eigenvalue weighted by Gasteiger charge is 2.28. The SMILES string of the molecule is CCNC(c1cccc2cnccc12)C1CCCC(C)C1. The molecule has 0 saturated heterocycles. The van der Waals surface area contributed by atoms with E-state index in [4.69, 9.17) is 0 Å². The lowest BCUT2D eigenvalue weighted by Gasteiger charge is -2.34. The zero-order chi connectivity index (χ0) is 14.7. The Kier molecular flexibility index (Phi) is 4.54. The van der Waals surface area contributed by atoms with Crippen LogP contribution in [-0.2, 0) is 0 Å². The predicted octanol–water partition coefficient (Wildman–Crippen LogP) is 4.71. The van der Waals surface area contributed by atoms with E-state index in [9.17, 15) is 0 Å². The van der Waals surface area contributed by atoms with Crippen molar-refractivity contribution in [2.45, 2.75) is 45.6 Å². The van der Waals surface area contributed by atoms with Gasteiger partial charge in [0, 0.05) is 23.8 Å². The molecule has 3 unspecified atom stereocenters. The van der Waals surface area contributed by atoms with Crippen LogP contribution in [0.3, 0.4) is 0 Å². The molecule has 2 heteroatoms. The third-order valence-electron chi connectivity index (χ3n) is 4.92. The Morgan fingerprint density at radius 3 is 3.00 bits per heavy atom. The van der Waals surface area contributed by atoms with Gasteiger partial charge in [-0.1, -0.05) is 44.9 Å². The average Bonchev–Trinajstić information content (AvgIpc) is 2.52. The maximum Gasteiger partial charge on any atom is 0.0354 e. The van der Waals surface area contributed by atoms with Crippen LogP contribution in [0.1, 0.15) is 51.1 Å². The summed E-state index contributed by atoms with van der Waals surface area (Å²) in [6, 6.07) is 9.29. The molecule has 3 rings (SSSR count). The van der Waals surface area contributed by atoms with E-state index in [2.05, 4.69) is 48.4 Å². The van der Waals surface area contributed by atoms with E-state index in [1.165, 1.54) is 42.0 Å². The summed E-state index contributed by atoms with van der Waals surface area (Å²) < 4.78 is 0. The van der Waals surface area contributed by atoms with E-state index >= 15 is 0 Å². The largest absolute Gasteiger partial charge is 0.310 e. The number of pyridine rings is 1. The fraction of sp³-hybridized carbons (Fsp3) is 0.526. The molecule has 0 aliphatic heterocycles. The van der Waals surface area contributed by atoms with Crippen molar-refractivity contribution >= 4 is 10.8 Å². The Balaban J connectivity index is 1.98. The molecule has 1 heterocycles. The molecule has 2 aromatic rings. The first-order chi connectivity index (χ1) is 10.3. The van der Waals surface area contributed by atoms with Crippen molar-refractivity contribution in [1.29, 1.82) is 0 Å². The minimum atomic E-state index is 0.476. The van der Waals surface area contributed by atoms with Crippen LogP contribution in [0.5, 0.6) is 0 Å². The Morgan fingerprint density at radius 2 is 2.19 bits per heavy atom. The lowest BCUT2D eigenvalue weighted by Crippen LogP contribution is -2.31. The van der Waals surface area contributed by atoms with Gasteiger partial charge in [0.25, 0.3) is 0 Å². The molecular formula is C19H26N2. The summed E-state index contributed by atoms with van der Waals surface area (Å²) in [4.78, 5) is 4.26. The van der Waals surface area contributed by atoms with E-state index in [1.807, 2.05) is 12.4 Å². The summed E-state index contributed by atoms with van der Waals surface area (Å²) in [7, 11) is 0. The standard InChI is InChI=1S/C19H26N2/c1-3-21-19(15-7-4-6-14(2)12-15)18-9-5-8-16-13-20-11-10-17(16)18/h5,8-11,13-15,19,21H,3-4,6-7,12H2,1-2H3. The van der Waals surface area contributed by atoms with Crippen LogP contribution in [0, 0.1) is 11.8 Å². The average molecular weight is 282 g/mol. The summed E-state index contributed by atoms with van der Waals surface area (Å²) in [6.45, 7) is 5.64. The summed E-state index contributed by atoms with van der Waals surface area (Å²) in [6.07, 6.45) is 9.36. The number of nitrogens with one attached hydrogen (secondary N) is 1. The van der Waals surface area contributed by atoms with E-state index in [1.54, 1.807) is 0 Å². The second-order valence-electron chi connectivity index (χ2n) is 6.51. The molecule has 0 amide bonds. The first kappa shape index (κ1) is 14.5. The van der Waals surface area contributed by atoms with Crippen molar-refractivity contribution in [3.8, 4) is 0 Å². The maximum absolute atomic E-state index is 4.26. The second-order valence-corrected chi connectivity index (χ2v) is 6.51. The normalized spacial score (nSPS) is 24.1. The lowest BCUT2D eigenvalue weighted by molar-refractivity contribution is 0.226. The maximum atomic E-state index is 4.26. The minimum Gasteiger partial charge on any atom is -0.310 e. The van der Waals surface area contributed by atoms with Crippen molar-refractivity contribution in [2.75, 3.05) is 6.54 Å². The van der Waals surface area contributed by atoms with Gasteiger partial charge in [0.1, 0.15) is 0 Å². The predicted molar refractivity (Wildman–Crippen MR) is 89.3 cm³/mol. The molecule has 1 fully saturated rings. The van der Waals surface area contributed by atoms with Crippen LogP contribution in [0.15, 0.2) is 36.7 Å². The van der Waals surface area contributed by atoms with Gasteiger partial charge in [0.2, 0.25) is 0 Å². The van der Waals surface area contributed by atoms with Crippen molar-refractivity contribution in [1.82, 2.24) is 10.3 Å². The summed E-state index contributed by atoms with van der Waals surface area (Å²) in [5, 5.41) is 6.37. The minimum absolute atomic E-state index is 0.476. The number of benzene rings is 1. The third kappa shape index (κ3) is 3.11. The summed E-state index contributed by atoms with van der Waals surface area (Å²) in [5.74, 6) is 1.62. The highest BCUT2D eigenvalue weighted by Crippen LogP contribution is 2.39. The van der Waals surface area contributed by atoms with Gasteiger partial charge >= 0.3 is 0 Å². The molecule has 1 N–H and O–H groups in total. The van der Waals surface area contributed by atoms with E-state index in [0.29, 0.717) is 6.04 Å². The van der Waals surface area contributed by atoms with Crippen LogP contribution >= 0.6 is 0 Å². The van der Waals surface area contributed by atoms with Crippen LogP contribution < -0.4 is 5.32 Å². The first-order valence-electron chi connectivity index (χ1n) is 8.35. The van der Waals surface area contributed by atoms with Crippen LogP contribution in [0.4, 0.5) is 0 Å². The van der Waals surface area contributed by atoms with Gasteiger partial charge < -0.3 is 5.32 Å². The number of rotatable bonds is 4. The second kappa shape index (κ2) is 6.57. The molecule has 1 aliphatic rings. The molecule has 0 spiro atoms. The van der Waals surface area contributed by atoms with E-state index < -0.39 is 0 Å². The first-order valence-corrected chi connectivity index (χ1v) is 8.35. The van der Waals surface area contributed by atoms with Crippen LogP contribution in [0.25, 0.3) is 10.8 Å². The molecule has 21 heavy (non-hydrogen) atoms. The number of aromatic nitrogens is 1. The molecule has 112 valence electrons. The quantitative estimate of drug-likeness (QED) is 0.878. The smallest absolute Gasteiger partial charge is 0.0354 e. The number of fused-ring (bicyclic) bond motifs is 1. The Bertz CT molecular complexity index is 588. The van der Waals surface area contributed by atoms with E-state index in [0.717, 1.165) is 18.4 Å². The lowest BCUT2D eigenvalue weighted by atomic mass is 9.76. The van der Waals surface area contributed by atoms with Gasteiger partial charge in [-0.15, -0.1) is 0 Å². The van der Waals surface area contributed by atoms with E-state index in [-0.39, 0.29) is 0 Å². The molecule has 1 aromatic heterocycles. The topological polar surface area (TPSA) is 24.9 Å². The number of nitrogens with zero attached hydrogens (tertiary/aromatic N) is 1. The van der Waals surface area contributed by atoms with Gasteiger partial charge in [-0.3, -0.25) is 4.98 Å². The summed E-state index contributed by atoms with van der Waals surface area (Å²) in [5.41, 5.74) is 1.45. The van der Waals surface area contributed by atoms with Gasteiger partial charge in [-0.25, -0.2) is 0 Å². The Labute approximate surface area is 128 Å². The zero-order valence-corrected chi connectivity index (χ0v) is 13.2. The highest BCUT2D eigenvalue weighted by atomic mass is 14.9. The number of hydrogen-bond donors (Lipinski definition) is 1. The van der Waals surface area contributed by atoms with Crippen molar-refractivity contribution in [3.63, 3.8) is 0 Å². The van der Waals surface area contributed by atoms with Crippen molar-refractivity contribution < 1.29 is 0 Å². The molecule has 1 aliphatic carbocycles. The van der Waals surface area contributed by atoms with Gasteiger partial charge in [-0.2, -0.15) is 0 Å². The molecule has 3 atom stereocenters. The molecule has 1 saturated carbocycles. The fourth-order valence-corrected chi connectivity index (χ4v) is 3.95. The van der Waals surface area contributed by atoms with Gasteiger partial charge in [0.05, 0.1) is 0 Å². The number of hydrogen-bond acceptors (Lipinski definition) is 2. The molecule has 0 radical (unpaired) electrons. The Hall–Kier alpha value is -1.41. The van der Waals surface area contributed by atoms with Gasteiger partial charge in [-0.05, 0) is 48.2 Å². The fourth-order valence-electron chi connectivity index (χ4n) is 3.95. The van der Waals surface area contributed by atoms with Crippen molar-refractivity contribution in [2.24, 2.45) is 11.8 Å². The monoisotopic (exact) mass is 282 g/mol. The third-order valence-corrected chi connectivity index (χ3v) is 4.92. The molecular weight excluding hydrogens is 256 g/mol. The molecule has 1 aromatic carbocycles. The zero-order valence-electron chi connectivity index (χ0n) is 13.2. The molecule has 0 bridgehead atoms. The highest BCUT2D eigenvalue weighted by molar-refractivity contribution is 5.85. The van der Waals surface area contributed by atoms with Crippen LogP contribution in [-0.4, -0.2) is 11.5 Å². The Morgan fingerprint density at radius 1 is 1.29 bits per heavy atom. The van der Waals surface area contributed by atoms with Crippen molar-refractivity contribution in [3.05, 3.63) is 42.2 Å². The van der Waals surface area contributed by atoms with Crippen LogP contribution in [0.2, 0.25) is 0 Å².